The molecule has 0 radical (unpaired) electrons. The van der Waals surface area contributed by atoms with Gasteiger partial charge in [0.25, 0.3) is 0 Å². The second-order valence-corrected chi connectivity index (χ2v) is 6.86. The molecule has 7 nitrogen and oxygen atoms in total. The van der Waals surface area contributed by atoms with E-state index in [-0.39, 0.29) is 18.3 Å². The summed E-state index contributed by atoms with van der Waals surface area (Å²) in [5.74, 6) is 0.705. The fourth-order valence-electron chi connectivity index (χ4n) is 3.19. The number of anilines is 1. The number of nitrogens with zero attached hydrogens (tertiary/aromatic N) is 3. The van der Waals surface area contributed by atoms with Crippen molar-refractivity contribution in [2.75, 3.05) is 18.8 Å². The van der Waals surface area contributed by atoms with Crippen molar-refractivity contribution in [3.05, 3.63) is 23.8 Å². The number of likely N-dealkylation sites (tertiary alicyclic amines) is 1. The number of nitrogen functional groups attached to an aromatic ring is 1. The highest BCUT2D eigenvalue weighted by Crippen LogP contribution is 2.24. The fourth-order valence-corrected chi connectivity index (χ4v) is 3.19. The van der Waals surface area contributed by atoms with Gasteiger partial charge in [-0.1, -0.05) is 0 Å². The molecular weight excluding hydrogens is 316 g/mol. The lowest BCUT2D eigenvalue weighted by Gasteiger charge is -2.26. The molecule has 0 bridgehead atoms. The van der Waals surface area contributed by atoms with Gasteiger partial charge < -0.3 is 16.2 Å². The molecule has 2 aliphatic heterocycles. The van der Waals surface area contributed by atoms with Crippen LogP contribution in [0.4, 0.5) is 5.69 Å². The van der Waals surface area contributed by atoms with Crippen LogP contribution in [0.5, 0.6) is 5.75 Å². The Morgan fingerprint density at radius 3 is 2.88 bits per heavy atom. The molecule has 134 valence electrons. The van der Waals surface area contributed by atoms with Gasteiger partial charge in [0, 0.05) is 36.8 Å². The minimum atomic E-state index is -0.00211. The van der Waals surface area contributed by atoms with E-state index in [0.717, 1.165) is 19.5 Å². The lowest BCUT2D eigenvalue weighted by Crippen LogP contribution is -2.38. The summed E-state index contributed by atoms with van der Waals surface area (Å²) >= 11 is 0. The molecule has 2 atom stereocenters. The first kappa shape index (κ1) is 17.6. The van der Waals surface area contributed by atoms with Gasteiger partial charge in [0.2, 0.25) is 0 Å². The lowest BCUT2D eigenvalue weighted by atomic mass is 10.00. The SMILES string of the molecule is CC(C)Oc1ccc(N)c(C(=N)C2=NC=NC(N3CC[C@H](N)C3)C2)c1. The molecule has 0 aromatic heterocycles. The summed E-state index contributed by atoms with van der Waals surface area (Å²) in [7, 11) is 0. The Morgan fingerprint density at radius 2 is 2.20 bits per heavy atom. The van der Waals surface area contributed by atoms with Crippen LogP contribution in [-0.4, -0.2) is 54.1 Å². The maximum atomic E-state index is 8.57. The van der Waals surface area contributed by atoms with Gasteiger partial charge in [0.05, 0.1) is 17.5 Å². The van der Waals surface area contributed by atoms with E-state index in [0.29, 0.717) is 34.8 Å². The first-order valence-electron chi connectivity index (χ1n) is 8.67. The van der Waals surface area contributed by atoms with E-state index >= 15 is 0 Å². The second-order valence-electron chi connectivity index (χ2n) is 6.86. The molecule has 2 heterocycles. The van der Waals surface area contributed by atoms with Crippen molar-refractivity contribution in [2.24, 2.45) is 15.7 Å². The zero-order valence-electron chi connectivity index (χ0n) is 14.8. The fraction of sp³-hybridized carbons (Fsp3) is 0.500. The highest BCUT2D eigenvalue weighted by Gasteiger charge is 2.29. The normalized spacial score (nSPS) is 23.8. The number of nitrogens with two attached hydrogens (primary N) is 2. The van der Waals surface area contributed by atoms with Gasteiger partial charge in [-0.2, -0.15) is 0 Å². The van der Waals surface area contributed by atoms with Crippen molar-refractivity contribution < 1.29 is 4.74 Å². The van der Waals surface area contributed by atoms with E-state index in [9.17, 15) is 0 Å². The van der Waals surface area contributed by atoms with Crippen molar-refractivity contribution in [1.82, 2.24) is 4.90 Å². The van der Waals surface area contributed by atoms with Crippen LogP contribution < -0.4 is 16.2 Å². The quantitative estimate of drug-likeness (QED) is 0.558. The van der Waals surface area contributed by atoms with E-state index in [2.05, 4.69) is 14.9 Å². The summed E-state index contributed by atoms with van der Waals surface area (Å²) in [6.45, 7) is 5.70. The maximum absolute atomic E-state index is 8.57. The van der Waals surface area contributed by atoms with Gasteiger partial charge in [0.15, 0.2) is 0 Å². The van der Waals surface area contributed by atoms with Crippen LogP contribution in [0.15, 0.2) is 28.2 Å². The highest BCUT2D eigenvalue weighted by atomic mass is 16.5. The van der Waals surface area contributed by atoms with E-state index in [1.165, 1.54) is 0 Å². The number of rotatable bonds is 5. The van der Waals surface area contributed by atoms with Crippen LogP contribution in [0, 0.1) is 5.41 Å². The predicted molar refractivity (Wildman–Crippen MR) is 102 cm³/mol. The van der Waals surface area contributed by atoms with Crippen LogP contribution in [0.25, 0.3) is 0 Å². The van der Waals surface area contributed by atoms with Crippen LogP contribution in [0.2, 0.25) is 0 Å². The van der Waals surface area contributed by atoms with Crippen molar-refractivity contribution in [3.63, 3.8) is 0 Å². The first-order chi connectivity index (χ1) is 11.9. The number of ether oxygens (including phenoxy) is 1. The number of hydrogen-bond acceptors (Lipinski definition) is 7. The molecule has 1 unspecified atom stereocenters. The smallest absolute Gasteiger partial charge is 0.120 e. The third-order valence-corrected chi connectivity index (χ3v) is 4.46. The third kappa shape index (κ3) is 4.05. The summed E-state index contributed by atoms with van der Waals surface area (Å²) < 4.78 is 5.72. The van der Waals surface area contributed by atoms with Crippen LogP contribution in [0.1, 0.15) is 32.3 Å². The van der Waals surface area contributed by atoms with Crippen LogP contribution in [-0.2, 0) is 0 Å². The van der Waals surface area contributed by atoms with Crippen LogP contribution >= 0.6 is 0 Å². The Balaban J connectivity index is 1.76. The molecule has 1 saturated heterocycles. The van der Waals surface area contributed by atoms with Crippen molar-refractivity contribution in [2.45, 2.75) is 45.0 Å². The van der Waals surface area contributed by atoms with Gasteiger partial charge >= 0.3 is 0 Å². The molecule has 5 N–H and O–H groups in total. The number of benzene rings is 1. The molecule has 0 spiro atoms. The summed E-state index contributed by atoms with van der Waals surface area (Å²) in [4.78, 5) is 11.0. The number of aliphatic imine (C=N–C) groups is 2. The Morgan fingerprint density at radius 1 is 1.40 bits per heavy atom. The number of nitrogens with one attached hydrogen (secondary N) is 1. The molecule has 7 heteroatoms. The molecule has 2 aliphatic rings. The molecule has 1 aromatic carbocycles. The van der Waals surface area contributed by atoms with Crippen molar-refractivity contribution in [3.8, 4) is 5.75 Å². The lowest BCUT2D eigenvalue weighted by molar-refractivity contribution is 0.242. The summed E-state index contributed by atoms with van der Waals surface area (Å²) in [5, 5.41) is 8.57. The molecule has 1 aromatic rings. The maximum Gasteiger partial charge on any atom is 0.120 e. The summed E-state index contributed by atoms with van der Waals surface area (Å²) in [5.41, 5.74) is 14.3. The van der Waals surface area contributed by atoms with Gasteiger partial charge in [-0.3, -0.25) is 15.3 Å². The Labute approximate surface area is 148 Å². The minimum absolute atomic E-state index is 0.00211. The van der Waals surface area contributed by atoms with Crippen molar-refractivity contribution in [1.29, 1.82) is 5.41 Å². The van der Waals surface area contributed by atoms with Gasteiger partial charge in [-0.15, -0.1) is 0 Å². The Hall–Kier alpha value is -2.25. The largest absolute Gasteiger partial charge is 0.491 e. The molecule has 0 saturated carbocycles. The molecule has 0 amide bonds. The molecule has 25 heavy (non-hydrogen) atoms. The van der Waals surface area contributed by atoms with Gasteiger partial charge in [-0.05, 0) is 38.5 Å². The Bertz CT molecular complexity index is 712. The average Bonchev–Trinajstić information content (AvgIpc) is 3.02. The van der Waals surface area contributed by atoms with E-state index in [1.807, 2.05) is 26.0 Å². The van der Waals surface area contributed by atoms with Gasteiger partial charge in [-0.25, -0.2) is 4.99 Å². The van der Waals surface area contributed by atoms with Gasteiger partial charge in [0.1, 0.15) is 18.3 Å². The second kappa shape index (κ2) is 7.33. The predicted octanol–water partition coefficient (Wildman–Crippen LogP) is 1.66. The van der Waals surface area contributed by atoms with Crippen LogP contribution in [0.3, 0.4) is 0 Å². The zero-order chi connectivity index (χ0) is 18.0. The van der Waals surface area contributed by atoms with Crippen molar-refractivity contribution >= 4 is 23.4 Å². The zero-order valence-corrected chi connectivity index (χ0v) is 14.8. The topological polar surface area (TPSA) is 113 Å². The summed E-state index contributed by atoms with van der Waals surface area (Å²) in [6.07, 6.45) is 3.19. The van der Waals surface area contributed by atoms with E-state index < -0.39 is 0 Å². The Kier molecular flexibility index (Phi) is 5.15. The first-order valence-corrected chi connectivity index (χ1v) is 8.67. The average molecular weight is 342 g/mol. The molecule has 0 aliphatic carbocycles. The molecule has 3 rings (SSSR count). The minimum Gasteiger partial charge on any atom is -0.491 e. The monoisotopic (exact) mass is 342 g/mol. The van der Waals surface area contributed by atoms with E-state index in [4.69, 9.17) is 21.6 Å². The number of hydrogen-bond donors (Lipinski definition) is 3. The molecular formula is C18H26N6O. The highest BCUT2D eigenvalue weighted by molar-refractivity contribution is 6.49. The molecule has 1 fully saturated rings. The third-order valence-electron chi connectivity index (χ3n) is 4.46. The summed E-state index contributed by atoms with van der Waals surface area (Å²) in [6, 6.07) is 5.62. The standard InChI is InChI=1S/C18H26N6O/c1-11(2)25-13-3-4-15(20)14(7-13)18(21)16-8-17(23-10-22-16)24-6-5-12(19)9-24/h3-4,7,10-12,17,21H,5-6,8-9,19-20H2,1-2H3/t12-,17?/m0/s1. The van der Waals surface area contributed by atoms with E-state index in [1.54, 1.807) is 12.4 Å².